The Morgan fingerprint density at radius 3 is 2.64 bits per heavy atom. The van der Waals surface area contributed by atoms with Crippen molar-refractivity contribution in [1.29, 1.82) is 0 Å². The summed E-state index contributed by atoms with van der Waals surface area (Å²) in [6.45, 7) is 1.67. The first-order valence-corrected chi connectivity index (χ1v) is 3.91. The minimum Gasteiger partial charge on any atom is -0.479 e. The molecule has 76 valence electrons. The minimum atomic E-state index is -1.91. The maximum atomic E-state index is 10.3. The highest BCUT2D eigenvalue weighted by atomic mass is 16.4. The van der Waals surface area contributed by atoms with Crippen LogP contribution in [0.5, 0.6) is 0 Å². The summed E-state index contributed by atoms with van der Waals surface area (Å²) in [7, 11) is 0. The van der Waals surface area contributed by atoms with E-state index < -0.39 is 18.2 Å². The molecule has 1 aromatic heterocycles. The summed E-state index contributed by atoms with van der Waals surface area (Å²) < 4.78 is 0. The standard InChI is InChI=1S/C8H10N2O4/c1-4-2-3-9-7(10-4)5(11)6(12)8(13)14/h2-3,5-6,11-12H,1H3,(H,13,14). The molecule has 1 heterocycles. The van der Waals surface area contributed by atoms with Crippen molar-refractivity contribution in [2.75, 3.05) is 0 Å². The second kappa shape index (κ2) is 4.12. The van der Waals surface area contributed by atoms with Crippen LogP contribution in [0.1, 0.15) is 17.6 Å². The molecular weight excluding hydrogens is 188 g/mol. The number of aliphatic hydroxyl groups is 2. The second-order valence-corrected chi connectivity index (χ2v) is 2.78. The van der Waals surface area contributed by atoms with Crippen LogP contribution < -0.4 is 0 Å². The second-order valence-electron chi connectivity index (χ2n) is 2.78. The zero-order valence-electron chi connectivity index (χ0n) is 7.45. The predicted molar refractivity (Wildman–Crippen MR) is 45.4 cm³/mol. The number of aliphatic hydroxyl groups excluding tert-OH is 2. The first kappa shape index (κ1) is 10.6. The molecule has 0 saturated heterocycles. The molecule has 0 spiro atoms. The third-order valence-corrected chi connectivity index (χ3v) is 1.63. The molecule has 0 saturated carbocycles. The van der Waals surface area contributed by atoms with E-state index >= 15 is 0 Å². The highest BCUT2D eigenvalue weighted by Crippen LogP contribution is 2.12. The first-order chi connectivity index (χ1) is 6.52. The number of nitrogens with zero attached hydrogens (tertiary/aromatic N) is 2. The lowest BCUT2D eigenvalue weighted by molar-refractivity contribution is -0.153. The van der Waals surface area contributed by atoms with Crippen LogP contribution >= 0.6 is 0 Å². The molecule has 0 amide bonds. The average molecular weight is 198 g/mol. The summed E-state index contributed by atoms with van der Waals surface area (Å²) >= 11 is 0. The van der Waals surface area contributed by atoms with Crippen molar-refractivity contribution in [3.63, 3.8) is 0 Å². The van der Waals surface area contributed by atoms with Crippen LogP contribution in [0.2, 0.25) is 0 Å². The van der Waals surface area contributed by atoms with E-state index in [-0.39, 0.29) is 5.82 Å². The Kier molecular flexibility index (Phi) is 3.10. The summed E-state index contributed by atoms with van der Waals surface area (Å²) in [6, 6.07) is 1.60. The number of aliphatic carboxylic acids is 1. The number of carboxylic acid groups (broad SMARTS) is 1. The van der Waals surface area contributed by atoms with Crippen LogP contribution in [0.25, 0.3) is 0 Å². The molecule has 1 aromatic rings. The van der Waals surface area contributed by atoms with E-state index in [0.717, 1.165) is 0 Å². The Hall–Kier alpha value is -1.53. The minimum absolute atomic E-state index is 0.0973. The smallest absolute Gasteiger partial charge is 0.335 e. The summed E-state index contributed by atoms with van der Waals surface area (Å²) in [6.07, 6.45) is -2.13. The van der Waals surface area contributed by atoms with E-state index in [4.69, 9.17) is 10.2 Å². The quantitative estimate of drug-likeness (QED) is 0.591. The van der Waals surface area contributed by atoms with Gasteiger partial charge in [-0.15, -0.1) is 0 Å². The molecule has 0 radical (unpaired) electrons. The lowest BCUT2D eigenvalue weighted by Crippen LogP contribution is -2.28. The van der Waals surface area contributed by atoms with E-state index in [2.05, 4.69) is 9.97 Å². The van der Waals surface area contributed by atoms with E-state index in [9.17, 15) is 9.90 Å². The zero-order valence-corrected chi connectivity index (χ0v) is 7.45. The van der Waals surface area contributed by atoms with Crippen molar-refractivity contribution in [2.45, 2.75) is 19.1 Å². The van der Waals surface area contributed by atoms with Gasteiger partial charge < -0.3 is 15.3 Å². The normalized spacial score (nSPS) is 14.8. The monoisotopic (exact) mass is 198 g/mol. The predicted octanol–water partition coefficient (Wildman–Crippen LogP) is -0.736. The van der Waals surface area contributed by atoms with Gasteiger partial charge in [-0.2, -0.15) is 0 Å². The molecule has 0 aliphatic heterocycles. The van der Waals surface area contributed by atoms with Gasteiger partial charge in [-0.1, -0.05) is 0 Å². The van der Waals surface area contributed by atoms with Crippen molar-refractivity contribution in [3.05, 3.63) is 23.8 Å². The Bertz CT molecular complexity index is 342. The number of aryl methyl sites for hydroxylation is 1. The topological polar surface area (TPSA) is 104 Å². The van der Waals surface area contributed by atoms with Gasteiger partial charge in [-0.05, 0) is 13.0 Å². The Morgan fingerprint density at radius 1 is 1.50 bits per heavy atom. The average Bonchev–Trinajstić information content (AvgIpc) is 2.15. The van der Waals surface area contributed by atoms with E-state index in [1.807, 2.05) is 0 Å². The maximum Gasteiger partial charge on any atom is 0.335 e. The van der Waals surface area contributed by atoms with Crippen LogP contribution in [0.15, 0.2) is 12.3 Å². The van der Waals surface area contributed by atoms with Gasteiger partial charge in [-0.3, -0.25) is 0 Å². The summed E-state index contributed by atoms with van der Waals surface area (Å²) in [4.78, 5) is 17.8. The molecule has 1 rings (SSSR count). The number of aromatic nitrogens is 2. The number of carboxylic acids is 1. The van der Waals surface area contributed by atoms with Crippen LogP contribution in [-0.2, 0) is 4.79 Å². The fourth-order valence-corrected chi connectivity index (χ4v) is 0.887. The van der Waals surface area contributed by atoms with E-state index in [0.29, 0.717) is 5.69 Å². The molecule has 0 aliphatic rings. The van der Waals surface area contributed by atoms with Gasteiger partial charge in [0.25, 0.3) is 0 Å². The molecule has 0 fully saturated rings. The Morgan fingerprint density at radius 2 is 2.14 bits per heavy atom. The molecule has 0 aromatic carbocycles. The van der Waals surface area contributed by atoms with Gasteiger partial charge >= 0.3 is 5.97 Å². The van der Waals surface area contributed by atoms with Crippen LogP contribution in [0.4, 0.5) is 0 Å². The van der Waals surface area contributed by atoms with Crippen LogP contribution in [0.3, 0.4) is 0 Å². The molecule has 3 N–H and O–H groups in total. The van der Waals surface area contributed by atoms with Gasteiger partial charge in [0.05, 0.1) is 0 Å². The fourth-order valence-electron chi connectivity index (χ4n) is 0.887. The molecule has 0 aliphatic carbocycles. The fraction of sp³-hybridized carbons (Fsp3) is 0.375. The van der Waals surface area contributed by atoms with Crippen molar-refractivity contribution >= 4 is 5.97 Å². The lowest BCUT2D eigenvalue weighted by atomic mass is 10.2. The lowest BCUT2D eigenvalue weighted by Gasteiger charge is -2.12. The number of hydrogen-bond acceptors (Lipinski definition) is 5. The molecule has 2 atom stereocenters. The highest BCUT2D eigenvalue weighted by molar-refractivity contribution is 5.72. The van der Waals surface area contributed by atoms with Gasteiger partial charge in [0.1, 0.15) is 0 Å². The van der Waals surface area contributed by atoms with Crippen LogP contribution in [-0.4, -0.2) is 37.4 Å². The van der Waals surface area contributed by atoms with Gasteiger partial charge in [0, 0.05) is 11.9 Å². The summed E-state index contributed by atoms with van der Waals surface area (Å²) in [5, 5.41) is 26.8. The van der Waals surface area contributed by atoms with E-state index in [1.54, 1.807) is 13.0 Å². The van der Waals surface area contributed by atoms with Gasteiger partial charge in [0.15, 0.2) is 18.0 Å². The molecule has 14 heavy (non-hydrogen) atoms. The molecular formula is C8H10N2O4. The highest BCUT2D eigenvalue weighted by Gasteiger charge is 2.27. The Labute approximate surface area is 79.9 Å². The number of hydrogen-bond donors (Lipinski definition) is 3. The Balaban J connectivity index is 2.89. The van der Waals surface area contributed by atoms with Crippen LogP contribution in [0, 0.1) is 6.92 Å². The maximum absolute atomic E-state index is 10.3. The van der Waals surface area contributed by atoms with Crippen molar-refractivity contribution in [3.8, 4) is 0 Å². The van der Waals surface area contributed by atoms with Crippen molar-refractivity contribution in [1.82, 2.24) is 9.97 Å². The summed E-state index contributed by atoms with van der Waals surface area (Å²) in [5.74, 6) is -1.61. The van der Waals surface area contributed by atoms with Crippen molar-refractivity contribution < 1.29 is 20.1 Å². The molecule has 2 unspecified atom stereocenters. The van der Waals surface area contributed by atoms with Gasteiger partial charge in [0.2, 0.25) is 0 Å². The summed E-state index contributed by atoms with van der Waals surface area (Å²) in [5.41, 5.74) is 0.589. The zero-order chi connectivity index (χ0) is 10.7. The first-order valence-electron chi connectivity index (χ1n) is 3.91. The molecule has 6 heteroatoms. The molecule has 6 nitrogen and oxygen atoms in total. The van der Waals surface area contributed by atoms with Crippen molar-refractivity contribution in [2.24, 2.45) is 0 Å². The largest absolute Gasteiger partial charge is 0.479 e. The van der Waals surface area contributed by atoms with E-state index in [1.165, 1.54) is 6.20 Å². The van der Waals surface area contributed by atoms with Gasteiger partial charge in [-0.25, -0.2) is 14.8 Å². The molecule has 0 bridgehead atoms. The SMILES string of the molecule is Cc1ccnc(C(O)C(O)C(=O)O)n1. The third-order valence-electron chi connectivity index (χ3n) is 1.63. The third kappa shape index (κ3) is 2.24. The number of carbonyl (C=O) groups is 1. The number of rotatable bonds is 3.